The maximum Gasteiger partial charge on any atom is 0.410 e. The molecule has 0 radical (unpaired) electrons. The van der Waals surface area contributed by atoms with Gasteiger partial charge in [-0.1, -0.05) is 42.5 Å². The molecule has 0 unspecified atom stereocenters. The van der Waals surface area contributed by atoms with E-state index >= 15 is 0 Å². The van der Waals surface area contributed by atoms with Crippen LogP contribution < -0.4 is 4.74 Å². The number of hydrogen-bond donors (Lipinski definition) is 0. The number of esters is 1. The highest BCUT2D eigenvalue weighted by Gasteiger charge is 2.43. The Labute approximate surface area is 241 Å². The van der Waals surface area contributed by atoms with Crippen molar-refractivity contribution in [2.75, 3.05) is 13.1 Å². The molecule has 1 aliphatic heterocycles. The lowest BCUT2D eigenvalue weighted by atomic mass is 9.72. The van der Waals surface area contributed by atoms with Crippen molar-refractivity contribution in [2.24, 2.45) is 0 Å². The van der Waals surface area contributed by atoms with Crippen LogP contribution in [0.25, 0.3) is 0 Å². The molecule has 1 saturated heterocycles. The summed E-state index contributed by atoms with van der Waals surface area (Å²) in [6.45, 7) is 12.7. The Kier molecular flexibility index (Phi) is 8.88. The van der Waals surface area contributed by atoms with Gasteiger partial charge in [-0.3, -0.25) is 4.79 Å². The Morgan fingerprint density at radius 1 is 0.925 bits per heavy atom. The molecule has 1 amide bonds. The van der Waals surface area contributed by atoms with E-state index in [2.05, 4.69) is 6.07 Å². The van der Waals surface area contributed by atoms with Gasteiger partial charge in [0.25, 0.3) is 0 Å². The van der Waals surface area contributed by atoms with E-state index in [4.69, 9.17) is 19.2 Å². The van der Waals surface area contributed by atoms with E-state index in [1.54, 1.807) is 16.2 Å². The number of benzene rings is 2. The normalized spacial score (nSPS) is 15.4. The number of rotatable bonds is 7. The van der Waals surface area contributed by atoms with Crippen molar-refractivity contribution in [3.8, 4) is 5.75 Å². The van der Waals surface area contributed by atoms with Crippen molar-refractivity contribution in [1.82, 2.24) is 9.88 Å². The third kappa shape index (κ3) is 7.62. The van der Waals surface area contributed by atoms with E-state index in [0.29, 0.717) is 32.5 Å². The van der Waals surface area contributed by atoms with Crippen LogP contribution in [-0.4, -0.2) is 46.2 Å². The van der Waals surface area contributed by atoms with Gasteiger partial charge in [0.2, 0.25) is 0 Å². The highest BCUT2D eigenvalue weighted by atomic mass is 32.1. The van der Waals surface area contributed by atoms with Crippen LogP contribution in [0.4, 0.5) is 4.79 Å². The van der Waals surface area contributed by atoms with Crippen LogP contribution >= 0.6 is 11.3 Å². The fraction of sp³-hybridized carbons (Fsp3) is 0.469. The Morgan fingerprint density at radius 2 is 1.60 bits per heavy atom. The molecule has 3 aromatic rings. The van der Waals surface area contributed by atoms with Gasteiger partial charge in [0.1, 0.15) is 28.6 Å². The number of carbonyl (C=O) groups is 2. The Hall–Kier alpha value is -3.39. The van der Waals surface area contributed by atoms with Crippen molar-refractivity contribution >= 4 is 23.4 Å². The van der Waals surface area contributed by atoms with E-state index in [0.717, 1.165) is 27.4 Å². The molecule has 1 aliphatic rings. The number of thiazole rings is 1. The largest absolute Gasteiger partial charge is 0.489 e. The highest BCUT2D eigenvalue weighted by Crippen LogP contribution is 2.47. The molecule has 214 valence electrons. The Bertz CT molecular complexity index is 1290. The lowest BCUT2D eigenvalue weighted by Gasteiger charge is -2.42. The summed E-state index contributed by atoms with van der Waals surface area (Å²) in [5.74, 6) is 0.470. The first kappa shape index (κ1) is 29.6. The average Bonchev–Trinajstić information content (AvgIpc) is 3.42. The van der Waals surface area contributed by atoms with Crippen LogP contribution in [0.15, 0.2) is 60.1 Å². The fourth-order valence-corrected chi connectivity index (χ4v) is 5.83. The second kappa shape index (κ2) is 12.0. The first-order chi connectivity index (χ1) is 18.8. The van der Waals surface area contributed by atoms with Gasteiger partial charge in [-0.15, -0.1) is 11.3 Å². The minimum atomic E-state index is -0.560. The van der Waals surface area contributed by atoms with Gasteiger partial charge < -0.3 is 19.1 Å². The molecule has 1 fully saturated rings. The SMILES string of the molecule is CC(C)(C)OC(=O)Cc1ccc(OCc2ccccc2)c(C2(c3nccs3)CCN(C(=O)OC(C)(C)C)CC2)c1. The first-order valence-corrected chi connectivity index (χ1v) is 14.6. The van der Waals surface area contributed by atoms with Crippen molar-refractivity contribution in [3.05, 3.63) is 81.8 Å². The first-order valence-electron chi connectivity index (χ1n) is 13.7. The van der Waals surface area contributed by atoms with Gasteiger partial charge in [0.05, 0.1) is 11.8 Å². The zero-order chi connectivity index (χ0) is 29.0. The van der Waals surface area contributed by atoms with Crippen molar-refractivity contribution in [1.29, 1.82) is 0 Å². The summed E-state index contributed by atoms with van der Waals surface area (Å²) in [5, 5.41) is 2.95. The van der Waals surface area contributed by atoms with E-state index in [-0.39, 0.29) is 18.5 Å². The summed E-state index contributed by atoms with van der Waals surface area (Å²) >= 11 is 1.60. The minimum absolute atomic E-state index is 0.154. The molecule has 7 nitrogen and oxygen atoms in total. The monoisotopic (exact) mass is 564 g/mol. The molecular weight excluding hydrogens is 524 g/mol. The van der Waals surface area contributed by atoms with Crippen LogP contribution in [0.1, 0.15) is 76.1 Å². The summed E-state index contributed by atoms with van der Waals surface area (Å²) in [5.41, 5.74) is 1.28. The summed E-state index contributed by atoms with van der Waals surface area (Å²) in [6, 6.07) is 16.0. The van der Waals surface area contributed by atoms with E-state index in [1.165, 1.54) is 0 Å². The fourth-order valence-electron chi connectivity index (χ4n) is 4.92. The van der Waals surface area contributed by atoms with Gasteiger partial charge in [0, 0.05) is 30.2 Å². The molecule has 0 bridgehead atoms. The van der Waals surface area contributed by atoms with Crippen molar-refractivity contribution < 1.29 is 23.8 Å². The summed E-state index contributed by atoms with van der Waals surface area (Å²) in [4.78, 5) is 32.1. The molecule has 0 spiro atoms. The predicted octanol–water partition coefficient (Wildman–Crippen LogP) is 6.92. The summed E-state index contributed by atoms with van der Waals surface area (Å²) in [6.07, 6.45) is 2.96. The number of hydrogen-bond acceptors (Lipinski definition) is 7. The number of likely N-dealkylation sites (tertiary alicyclic amines) is 1. The van der Waals surface area contributed by atoms with E-state index < -0.39 is 16.6 Å². The van der Waals surface area contributed by atoms with Crippen molar-refractivity contribution in [3.63, 3.8) is 0 Å². The molecule has 2 heterocycles. The average molecular weight is 565 g/mol. The zero-order valence-corrected chi connectivity index (χ0v) is 25.2. The van der Waals surface area contributed by atoms with Crippen LogP contribution in [0, 0.1) is 0 Å². The second-order valence-electron chi connectivity index (χ2n) is 12.3. The standard InChI is InChI=1S/C32H40N2O5S/c1-30(2,3)38-27(35)21-24-12-13-26(37-22-23-10-8-7-9-11-23)25(20-24)32(28-33-16-19-40-28)14-17-34(18-15-32)29(36)39-31(4,5)6/h7-13,16,19-20H,14-15,17-18,21-22H2,1-6H3. The number of piperidine rings is 1. The topological polar surface area (TPSA) is 78.0 Å². The molecular formula is C32H40N2O5S. The third-order valence-electron chi connectivity index (χ3n) is 6.68. The smallest absolute Gasteiger partial charge is 0.410 e. The third-order valence-corrected chi connectivity index (χ3v) is 7.65. The molecule has 8 heteroatoms. The van der Waals surface area contributed by atoms with Crippen LogP contribution in [0.3, 0.4) is 0 Å². The van der Waals surface area contributed by atoms with Gasteiger partial charge in [-0.2, -0.15) is 0 Å². The number of nitrogens with zero attached hydrogens (tertiary/aromatic N) is 2. The number of aromatic nitrogens is 1. The second-order valence-corrected chi connectivity index (χ2v) is 13.1. The molecule has 0 saturated carbocycles. The number of ether oxygens (including phenoxy) is 3. The van der Waals surface area contributed by atoms with Gasteiger partial charge >= 0.3 is 12.1 Å². The summed E-state index contributed by atoms with van der Waals surface area (Å²) in [7, 11) is 0. The molecule has 4 rings (SSSR count). The molecule has 0 aliphatic carbocycles. The lowest BCUT2D eigenvalue weighted by Crippen LogP contribution is -2.47. The number of carbonyl (C=O) groups excluding carboxylic acids is 2. The Morgan fingerprint density at radius 3 is 2.20 bits per heavy atom. The summed E-state index contributed by atoms with van der Waals surface area (Å²) < 4.78 is 17.7. The number of amides is 1. The molecule has 0 N–H and O–H groups in total. The van der Waals surface area contributed by atoms with E-state index in [1.807, 2.05) is 95.6 Å². The lowest BCUT2D eigenvalue weighted by molar-refractivity contribution is -0.153. The predicted molar refractivity (Wildman–Crippen MR) is 157 cm³/mol. The molecule has 1 aromatic heterocycles. The van der Waals surface area contributed by atoms with Crippen LogP contribution in [-0.2, 0) is 32.7 Å². The Balaban J connectivity index is 1.69. The maximum absolute atomic E-state index is 12.9. The van der Waals surface area contributed by atoms with Gasteiger partial charge in [-0.05, 0) is 71.6 Å². The van der Waals surface area contributed by atoms with Gasteiger partial charge in [-0.25, -0.2) is 9.78 Å². The van der Waals surface area contributed by atoms with Crippen LogP contribution in [0.2, 0.25) is 0 Å². The molecule has 40 heavy (non-hydrogen) atoms. The highest BCUT2D eigenvalue weighted by molar-refractivity contribution is 7.09. The molecule has 0 atom stereocenters. The van der Waals surface area contributed by atoms with Gasteiger partial charge in [0.15, 0.2) is 0 Å². The molecule has 2 aromatic carbocycles. The maximum atomic E-state index is 12.9. The quantitative estimate of drug-likeness (QED) is 0.290. The van der Waals surface area contributed by atoms with E-state index in [9.17, 15) is 9.59 Å². The zero-order valence-electron chi connectivity index (χ0n) is 24.4. The minimum Gasteiger partial charge on any atom is -0.489 e. The van der Waals surface area contributed by atoms with Crippen molar-refractivity contribution in [2.45, 2.75) is 84.0 Å². The van der Waals surface area contributed by atoms with Crippen LogP contribution in [0.5, 0.6) is 5.75 Å².